The number of carbonyl (C=O) groups excluding carboxylic acids is 1. The molecule has 2 aliphatic rings. The zero-order chi connectivity index (χ0) is 26.5. The number of amidine groups is 1. The van der Waals surface area contributed by atoms with Crippen LogP contribution in [0.25, 0.3) is 6.08 Å². The lowest BCUT2D eigenvalue weighted by Gasteiger charge is -2.28. The van der Waals surface area contributed by atoms with Crippen LogP contribution in [-0.4, -0.2) is 56.4 Å². The number of aliphatic imine (C=N–C) groups is 1. The number of morpholine rings is 1. The second kappa shape index (κ2) is 11.8. The third-order valence-corrected chi connectivity index (χ3v) is 7.48. The number of hydrogen-bond donors (Lipinski definition) is 0. The number of likely N-dealkylation sites (N-methyl/N-ethyl adjacent to an activating group) is 1. The highest BCUT2D eigenvalue weighted by atomic mass is 32.2. The fourth-order valence-corrected chi connectivity index (χ4v) is 5.32. The summed E-state index contributed by atoms with van der Waals surface area (Å²) in [4.78, 5) is 22.2. The lowest BCUT2D eigenvalue weighted by atomic mass is 10.1. The van der Waals surface area contributed by atoms with Crippen molar-refractivity contribution in [2.75, 3.05) is 45.4 Å². The Labute approximate surface area is 227 Å². The van der Waals surface area contributed by atoms with E-state index in [2.05, 4.69) is 36.1 Å². The second-order valence-electron chi connectivity index (χ2n) is 9.17. The predicted octanol–water partition coefficient (Wildman–Crippen LogP) is 5.65. The molecule has 0 aromatic heterocycles. The summed E-state index contributed by atoms with van der Waals surface area (Å²) in [5, 5.41) is 0.644. The SMILES string of the molecule is COc1cc(/C=C2\SC(=Nc3ccc(N4CCOCC4)cc3)N(C)C2=O)ccc1OCc1cccc(C)c1. The number of carbonyl (C=O) groups is 1. The lowest BCUT2D eigenvalue weighted by molar-refractivity contribution is -0.121. The molecular formula is C30H31N3O4S. The maximum absolute atomic E-state index is 13.0. The van der Waals surface area contributed by atoms with Crippen LogP contribution < -0.4 is 14.4 Å². The van der Waals surface area contributed by atoms with Crippen molar-refractivity contribution in [1.29, 1.82) is 0 Å². The molecule has 7 nitrogen and oxygen atoms in total. The Hall–Kier alpha value is -3.75. The fraction of sp³-hybridized carbons (Fsp3) is 0.267. The summed E-state index contributed by atoms with van der Waals surface area (Å²) in [6.45, 7) is 5.78. The first-order valence-electron chi connectivity index (χ1n) is 12.6. The van der Waals surface area contributed by atoms with Crippen molar-refractivity contribution >= 4 is 40.3 Å². The van der Waals surface area contributed by atoms with Crippen molar-refractivity contribution in [3.63, 3.8) is 0 Å². The van der Waals surface area contributed by atoms with Crippen LogP contribution in [0.4, 0.5) is 11.4 Å². The number of ether oxygens (including phenoxy) is 3. The highest BCUT2D eigenvalue weighted by Crippen LogP contribution is 2.35. The van der Waals surface area contributed by atoms with E-state index in [1.807, 2.05) is 48.5 Å². The standard InChI is InChI=1S/C30H31N3O4S/c1-21-5-4-6-23(17-21)20-37-26-12-7-22(18-27(26)35-3)19-28-29(34)32(2)30(38-28)31-24-8-10-25(11-9-24)33-13-15-36-16-14-33/h4-12,17-19H,13-16,20H2,1-3H3/b28-19-,31-30?. The molecule has 0 radical (unpaired) electrons. The lowest BCUT2D eigenvalue weighted by Crippen LogP contribution is -2.36. The average molecular weight is 530 g/mol. The van der Waals surface area contributed by atoms with Gasteiger partial charge in [-0.15, -0.1) is 0 Å². The third kappa shape index (κ3) is 6.03. The first-order chi connectivity index (χ1) is 18.5. The van der Waals surface area contributed by atoms with E-state index in [9.17, 15) is 4.79 Å². The molecule has 2 aliphatic heterocycles. The minimum atomic E-state index is -0.0857. The largest absolute Gasteiger partial charge is 0.493 e. The van der Waals surface area contributed by atoms with Crippen molar-refractivity contribution in [1.82, 2.24) is 4.90 Å². The van der Waals surface area contributed by atoms with E-state index >= 15 is 0 Å². The van der Waals surface area contributed by atoms with E-state index < -0.39 is 0 Å². The van der Waals surface area contributed by atoms with Gasteiger partial charge in [0, 0.05) is 25.8 Å². The van der Waals surface area contributed by atoms with E-state index in [1.165, 1.54) is 17.3 Å². The van der Waals surface area contributed by atoms with Gasteiger partial charge in [0.1, 0.15) is 6.61 Å². The molecule has 0 atom stereocenters. The number of rotatable bonds is 7. The van der Waals surface area contributed by atoms with Gasteiger partial charge in [-0.3, -0.25) is 9.69 Å². The van der Waals surface area contributed by atoms with Gasteiger partial charge in [-0.2, -0.15) is 0 Å². The first kappa shape index (κ1) is 25.9. The Morgan fingerprint density at radius 2 is 1.82 bits per heavy atom. The van der Waals surface area contributed by atoms with Crippen LogP contribution in [0, 0.1) is 6.92 Å². The molecule has 8 heteroatoms. The van der Waals surface area contributed by atoms with Gasteiger partial charge in [-0.1, -0.05) is 35.9 Å². The monoisotopic (exact) mass is 529 g/mol. The predicted molar refractivity (Wildman–Crippen MR) is 153 cm³/mol. The van der Waals surface area contributed by atoms with E-state index in [0.29, 0.717) is 28.2 Å². The molecule has 2 saturated heterocycles. The number of benzene rings is 3. The van der Waals surface area contributed by atoms with Crippen molar-refractivity contribution in [2.45, 2.75) is 13.5 Å². The molecule has 0 unspecified atom stereocenters. The summed E-state index contributed by atoms with van der Waals surface area (Å²) >= 11 is 1.36. The smallest absolute Gasteiger partial charge is 0.266 e. The third-order valence-electron chi connectivity index (χ3n) is 6.42. The van der Waals surface area contributed by atoms with Crippen molar-refractivity contribution in [3.8, 4) is 11.5 Å². The quantitative estimate of drug-likeness (QED) is 0.369. The van der Waals surface area contributed by atoms with Crippen LogP contribution >= 0.6 is 11.8 Å². The minimum Gasteiger partial charge on any atom is -0.493 e. The number of hydrogen-bond acceptors (Lipinski definition) is 7. The number of anilines is 1. The van der Waals surface area contributed by atoms with Crippen LogP contribution in [0.3, 0.4) is 0 Å². The number of methoxy groups -OCH3 is 1. The molecule has 0 bridgehead atoms. The van der Waals surface area contributed by atoms with Crippen molar-refractivity contribution in [3.05, 3.63) is 88.3 Å². The zero-order valence-electron chi connectivity index (χ0n) is 21.8. The van der Waals surface area contributed by atoms with E-state index in [1.54, 1.807) is 19.1 Å². The molecule has 196 valence electrons. The summed E-state index contributed by atoms with van der Waals surface area (Å²) < 4.78 is 17.0. The Bertz CT molecular complexity index is 1360. The van der Waals surface area contributed by atoms with Crippen LogP contribution in [0.2, 0.25) is 0 Å². The number of amides is 1. The van der Waals surface area contributed by atoms with Crippen LogP contribution in [0.5, 0.6) is 11.5 Å². The van der Waals surface area contributed by atoms with Crippen LogP contribution in [0.15, 0.2) is 76.6 Å². The van der Waals surface area contributed by atoms with Gasteiger partial charge in [-0.25, -0.2) is 4.99 Å². The second-order valence-corrected chi connectivity index (χ2v) is 10.2. The van der Waals surface area contributed by atoms with Gasteiger partial charge in [0.15, 0.2) is 16.7 Å². The molecule has 0 saturated carbocycles. The number of aryl methyl sites for hydroxylation is 1. The highest BCUT2D eigenvalue weighted by molar-refractivity contribution is 8.18. The van der Waals surface area contributed by atoms with Gasteiger partial charge in [0.25, 0.3) is 5.91 Å². The number of nitrogens with zero attached hydrogens (tertiary/aromatic N) is 3. The maximum Gasteiger partial charge on any atom is 0.266 e. The maximum atomic E-state index is 13.0. The molecule has 0 aliphatic carbocycles. The Kier molecular flexibility index (Phi) is 8.00. The molecule has 2 heterocycles. The molecule has 0 N–H and O–H groups in total. The summed E-state index contributed by atoms with van der Waals surface area (Å²) in [7, 11) is 3.37. The Balaban J connectivity index is 1.28. The van der Waals surface area contributed by atoms with Crippen molar-refractivity contribution in [2.24, 2.45) is 4.99 Å². The summed E-state index contributed by atoms with van der Waals surface area (Å²) in [5.41, 5.74) is 5.10. The molecule has 3 aromatic carbocycles. The molecule has 2 fully saturated rings. The zero-order valence-corrected chi connectivity index (χ0v) is 22.7. The van der Waals surface area contributed by atoms with Gasteiger partial charge in [0.05, 0.1) is 30.9 Å². The highest BCUT2D eigenvalue weighted by Gasteiger charge is 2.30. The summed E-state index contributed by atoms with van der Waals surface area (Å²) in [5.74, 6) is 1.18. The minimum absolute atomic E-state index is 0.0857. The van der Waals surface area contributed by atoms with Crippen molar-refractivity contribution < 1.29 is 19.0 Å². The van der Waals surface area contributed by atoms with E-state index in [0.717, 1.165) is 48.8 Å². The summed E-state index contributed by atoms with van der Waals surface area (Å²) in [6.07, 6.45) is 1.86. The first-order valence-corrected chi connectivity index (χ1v) is 13.4. The van der Waals surface area contributed by atoms with Gasteiger partial charge < -0.3 is 19.1 Å². The van der Waals surface area contributed by atoms with E-state index in [-0.39, 0.29) is 5.91 Å². The molecule has 38 heavy (non-hydrogen) atoms. The average Bonchev–Trinajstić information content (AvgIpc) is 3.20. The van der Waals surface area contributed by atoms with Gasteiger partial charge in [-0.05, 0) is 72.3 Å². The normalized spacial score (nSPS) is 17.9. The molecule has 5 rings (SSSR count). The van der Waals surface area contributed by atoms with Crippen LogP contribution in [-0.2, 0) is 16.1 Å². The van der Waals surface area contributed by atoms with Crippen LogP contribution in [0.1, 0.15) is 16.7 Å². The fourth-order valence-electron chi connectivity index (χ4n) is 4.33. The molecule has 0 spiro atoms. The Morgan fingerprint density at radius 1 is 1.03 bits per heavy atom. The van der Waals surface area contributed by atoms with Gasteiger partial charge >= 0.3 is 0 Å². The molecular weight excluding hydrogens is 498 g/mol. The summed E-state index contributed by atoms with van der Waals surface area (Å²) in [6, 6.07) is 22.0. The number of thioether (sulfide) groups is 1. The molecule has 1 amide bonds. The van der Waals surface area contributed by atoms with Gasteiger partial charge in [0.2, 0.25) is 0 Å². The van der Waals surface area contributed by atoms with E-state index in [4.69, 9.17) is 19.2 Å². The topological polar surface area (TPSA) is 63.6 Å². The molecule has 3 aromatic rings. The Morgan fingerprint density at radius 3 is 2.55 bits per heavy atom.